The minimum atomic E-state index is -0.0626. The Balaban J connectivity index is 1.73. The standard InChI is InChI=1S/C29H45N5O/c1-5-24-11-14-33(15-12-24)20-29-32-13-16-34(29)19-26-17-25(8-7-22(26)3)28(23(4)21-35)10-9-27(30)18-31-6-2/h7-8,13,16-18,21,23-24,28,31H,5-6,9-12,14-15,19-20,30H2,1-4H3/b27-18-. The molecule has 0 radical (unpaired) electrons. The number of rotatable bonds is 13. The molecule has 0 spiro atoms. The number of piperidine rings is 1. The minimum absolute atomic E-state index is 0.0626. The fourth-order valence-corrected chi connectivity index (χ4v) is 5.12. The summed E-state index contributed by atoms with van der Waals surface area (Å²) in [5, 5.41) is 3.17. The van der Waals surface area contributed by atoms with Crippen molar-refractivity contribution in [1.82, 2.24) is 19.8 Å². The van der Waals surface area contributed by atoms with E-state index >= 15 is 0 Å². The number of nitrogens with one attached hydrogen (secondary N) is 1. The van der Waals surface area contributed by atoms with Crippen LogP contribution in [0.2, 0.25) is 0 Å². The van der Waals surface area contributed by atoms with Crippen LogP contribution in [-0.4, -0.2) is 40.4 Å². The van der Waals surface area contributed by atoms with Gasteiger partial charge in [-0.1, -0.05) is 38.5 Å². The van der Waals surface area contributed by atoms with Crippen LogP contribution in [0.15, 0.2) is 42.5 Å². The molecular weight excluding hydrogens is 434 g/mol. The third-order valence-corrected chi connectivity index (χ3v) is 7.68. The quantitative estimate of drug-likeness (QED) is 0.397. The molecule has 3 N–H and O–H groups in total. The first kappa shape index (κ1) is 27.0. The lowest BCUT2D eigenvalue weighted by Crippen LogP contribution is -2.34. The summed E-state index contributed by atoms with van der Waals surface area (Å²) < 4.78 is 2.29. The zero-order valence-corrected chi connectivity index (χ0v) is 22.2. The molecule has 1 fully saturated rings. The molecule has 0 aliphatic carbocycles. The summed E-state index contributed by atoms with van der Waals surface area (Å²) in [6.45, 7) is 13.4. The topological polar surface area (TPSA) is 76.2 Å². The van der Waals surface area contributed by atoms with Gasteiger partial charge < -0.3 is 20.4 Å². The maximum atomic E-state index is 11.7. The Hall–Kier alpha value is -2.60. The van der Waals surface area contributed by atoms with Crippen LogP contribution in [0.5, 0.6) is 0 Å². The van der Waals surface area contributed by atoms with Gasteiger partial charge in [-0.2, -0.15) is 0 Å². The number of aromatic nitrogens is 2. The molecule has 1 aliphatic rings. The van der Waals surface area contributed by atoms with Gasteiger partial charge in [-0.25, -0.2) is 4.98 Å². The van der Waals surface area contributed by atoms with Crippen molar-refractivity contribution in [2.45, 2.75) is 78.8 Å². The van der Waals surface area contributed by atoms with E-state index in [-0.39, 0.29) is 11.8 Å². The average Bonchev–Trinajstić information content (AvgIpc) is 3.31. The lowest BCUT2D eigenvalue weighted by Gasteiger charge is -2.31. The second-order valence-corrected chi connectivity index (χ2v) is 10.2. The van der Waals surface area contributed by atoms with E-state index in [1.54, 1.807) is 0 Å². The maximum Gasteiger partial charge on any atom is 0.123 e. The highest BCUT2D eigenvalue weighted by atomic mass is 16.1. The van der Waals surface area contributed by atoms with Gasteiger partial charge in [0.1, 0.15) is 12.1 Å². The fourth-order valence-electron chi connectivity index (χ4n) is 5.12. The number of nitrogens with two attached hydrogens (primary N) is 1. The summed E-state index contributed by atoms with van der Waals surface area (Å²) >= 11 is 0. The van der Waals surface area contributed by atoms with Crippen molar-refractivity contribution in [3.63, 3.8) is 0 Å². The molecule has 1 aliphatic heterocycles. The van der Waals surface area contributed by atoms with Gasteiger partial charge in [-0.3, -0.25) is 4.90 Å². The van der Waals surface area contributed by atoms with Crippen molar-refractivity contribution < 1.29 is 4.79 Å². The third kappa shape index (κ3) is 7.69. The van der Waals surface area contributed by atoms with Gasteiger partial charge in [-0.15, -0.1) is 0 Å². The third-order valence-electron chi connectivity index (χ3n) is 7.68. The lowest BCUT2D eigenvalue weighted by atomic mass is 9.83. The van der Waals surface area contributed by atoms with Crippen LogP contribution in [0.4, 0.5) is 0 Å². The van der Waals surface area contributed by atoms with E-state index in [9.17, 15) is 4.79 Å². The Morgan fingerprint density at radius 1 is 1.26 bits per heavy atom. The van der Waals surface area contributed by atoms with Gasteiger partial charge in [0.2, 0.25) is 0 Å². The van der Waals surface area contributed by atoms with E-state index in [4.69, 9.17) is 10.7 Å². The number of likely N-dealkylation sites (tertiary alicyclic amines) is 1. The second-order valence-electron chi connectivity index (χ2n) is 10.2. The number of carbonyl (C=O) groups excluding carboxylic acids is 1. The Morgan fingerprint density at radius 2 is 2.03 bits per heavy atom. The Labute approximate surface area is 212 Å². The van der Waals surface area contributed by atoms with E-state index in [1.807, 2.05) is 19.3 Å². The highest BCUT2D eigenvalue weighted by Gasteiger charge is 2.21. The van der Waals surface area contributed by atoms with Crippen molar-refractivity contribution in [2.75, 3.05) is 19.6 Å². The van der Waals surface area contributed by atoms with Crippen molar-refractivity contribution in [3.05, 3.63) is 65.0 Å². The monoisotopic (exact) mass is 479 g/mol. The maximum absolute atomic E-state index is 11.7. The predicted molar refractivity (Wildman–Crippen MR) is 144 cm³/mol. The molecule has 192 valence electrons. The molecule has 2 aromatic rings. The smallest absolute Gasteiger partial charge is 0.123 e. The molecule has 35 heavy (non-hydrogen) atoms. The van der Waals surface area contributed by atoms with E-state index in [2.05, 4.69) is 60.0 Å². The average molecular weight is 480 g/mol. The highest BCUT2D eigenvalue weighted by Crippen LogP contribution is 2.31. The van der Waals surface area contributed by atoms with Gasteiger partial charge in [0.15, 0.2) is 0 Å². The summed E-state index contributed by atoms with van der Waals surface area (Å²) in [7, 11) is 0. The van der Waals surface area contributed by atoms with E-state index in [0.717, 1.165) is 69.3 Å². The van der Waals surface area contributed by atoms with Crippen LogP contribution in [0.3, 0.4) is 0 Å². The second kappa shape index (κ2) is 13.5. The SMILES string of the molecule is CCN/C=C(\N)CCC(c1ccc(C)c(Cn2ccnc2CN2CCC(CC)CC2)c1)C(C)C=O. The molecule has 0 amide bonds. The first-order chi connectivity index (χ1) is 16.9. The number of hydrogen-bond acceptors (Lipinski definition) is 5. The number of nitrogens with zero attached hydrogens (tertiary/aromatic N) is 3. The van der Waals surface area contributed by atoms with Gasteiger partial charge >= 0.3 is 0 Å². The van der Waals surface area contributed by atoms with Crippen LogP contribution in [0.25, 0.3) is 0 Å². The largest absolute Gasteiger partial charge is 0.401 e. The number of aryl methyl sites for hydroxylation is 1. The molecule has 3 rings (SSSR count). The molecular formula is C29H45N5O. The molecule has 2 atom stereocenters. The van der Waals surface area contributed by atoms with Crippen LogP contribution < -0.4 is 11.1 Å². The molecule has 6 nitrogen and oxygen atoms in total. The van der Waals surface area contributed by atoms with E-state index in [1.165, 1.54) is 36.0 Å². The molecule has 1 aromatic heterocycles. The summed E-state index contributed by atoms with van der Waals surface area (Å²) in [6.07, 6.45) is 12.5. The number of allylic oxidation sites excluding steroid dienone is 1. The first-order valence-electron chi connectivity index (χ1n) is 13.4. The molecule has 2 unspecified atom stereocenters. The van der Waals surface area contributed by atoms with Crippen molar-refractivity contribution in [2.24, 2.45) is 17.6 Å². The predicted octanol–water partition coefficient (Wildman–Crippen LogP) is 4.97. The first-order valence-corrected chi connectivity index (χ1v) is 13.4. The number of imidazole rings is 1. The molecule has 1 saturated heterocycles. The lowest BCUT2D eigenvalue weighted by molar-refractivity contribution is -0.111. The van der Waals surface area contributed by atoms with Crippen molar-refractivity contribution in [1.29, 1.82) is 0 Å². The molecule has 6 heteroatoms. The van der Waals surface area contributed by atoms with Crippen molar-refractivity contribution in [3.8, 4) is 0 Å². The van der Waals surface area contributed by atoms with Gasteiger partial charge in [0.05, 0.1) is 6.54 Å². The van der Waals surface area contributed by atoms with Crippen molar-refractivity contribution >= 4 is 6.29 Å². The Morgan fingerprint density at radius 3 is 2.71 bits per heavy atom. The van der Waals surface area contributed by atoms with E-state index < -0.39 is 0 Å². The Bertz CT molecular complexity index is 958. The van der Waals surface area contributed by atoms with Crippen LogP contribution in [-0.2, 0) is 17.9 Å². The highest BCUT2D eigenvalue weighted by molar-refractivity contribution is 5.55. The number of benzene rings is 1. The van der Waals surface area contributed by atoms with E-state index in [0.29, 0.717) is 0 Å². The summed E-state index contributed by atoms with van der Waals surface area (Å²) in [5.41, 5.74) is 10.8. The van der Waals surface area contributed by atoms with Crippen LogP contribution in [0, 0.1) is 18.8 Å². The summed E-state index contributed by atoms with van der Waals surface area (Å²) in [4.78, 5) is 19.0. The van der Waals surface area contributed by atoms with Crippen LogP contribution >= 0.6 is 0 Å². The molecule has 1 aromatic carbocycles. The Kier molecular flexibility index (Phi) is 10.4. The number of hydrogen-bond donors (Lipinski definition) is 2. The zero-order valence-electron chi connectivity index (χ0n) is 22.2. The number of carbonyl (C=O) groups is 1. The molecule has 0 bridgehead atoms. The number of aldehydes is 1. The van der Waals surface area contributed by atoms with Gasteiger partial charge in [-0.05, 0) is 81.1 Å². The normalized spacial score (nSPS) is 17.3. The summed E-state index contributed by atoms with van der Waals surface area (Å²) in [5.74, 6) is 2.09. The van der Waals surface area contributed by atoms with Gasteiger partial charge in [0, 0.05) is 43.3 Å². The minimum Gasteiger partial charge on any atom is -0.401 e. The zero-order chi connectivity index (χ0) is 25.2. The molecule has 2 heterocycles. The summed E-state index contributed by atoms with van der Waals surface area (Å²) in [6, 6.07) is 6.67. The van der Waals surface area contributed by atoms with Gasteiger partial charge in [0.25, 0.3) is 0 Å². The fraction of sp³-hybridized carbons (Fsp3) is 0.586. The molecule has 0 saturated carbocycles. The van der Waals surface area contributed by atoms with Crippen LogP contribution in [0.1, 0.15) is 81.3 Å².